The molecule has 0 radical (unpaired) electrons. The number of rotatable bonds is 6. The Kier molecular flexibility index (Phi) is 6.16. The lowest BCUT2D eigenvalue weighted by Crippen LogP contribution is -2.41. The van der Waals surface area contributed by atoms with E-state index < -0.39 is 0 Å². The van der Waals surface area contributed by atoms with Crippen molar-refractivity contribution >= 4 is 5.91 Å². The summed E-state index contributed by atoms with van der Waals surface area (Å²) in [6, 6.07) is 16.0. The summed E-state index contributed by atoms with van der Waals surface area (Å²) >= 11 is 0. The minimum absolute atomic E-state index is 0.00335. The normalized spacial score (nSPS) is 14.7. The second-order valence-corrected chi connectivity index (χ2v) is 6.77. The Hall–Kier alpha value is -2.13. The molecule has 0 saturated heterocycles. The number of amides is 1. The van der Waals surface area contributed by atoms with Gasteiger partial charge in [-0.2, -0.15) is 0 Å². The van der Waals surface area contributed by atoms with Crippen LogP contribution in [0.1, 0.15) is 42.1 Å². The Morgan fingerprint density at radius 1 is 1.08 bits per heavy atom. The van der Waals surface area contributed by atoms with E-state index in [1.807, 2.05) is 44.2 Å². The molecule has 0 heterocycles. The number of carbonyl (C=O) groups is 1. The maximum Gasteiger partial charge on any atom is 0.224 e. The van der Waals surface area contributed by atoms with Gasteiger partial charge in [-0.3, -0.25) is 4.79 Å². The number of nitrogens with two attached hydrogens (primary N) is 1. The van der Waals surface area contributed by atoms with Gasteiger partial charge in [-0.05, 0) is 43.9 Å². The molecule has 24 heavy (non-hydrogen) atoms. The van der Waals surface area contributed by atoms with E-state index in [4.69, 9.17) is 5.73 Å². The predicted octanol–water partition coefficient (Wildman–Crippen LogP) is 3.69. The lowest BCUT2D eigenvalue weighted by Gasteiger charge is -2.23. The van der Waals surface area contributed by atoms with Gasteiger partial charge in [0.1, 0.15) is 0 Å². The zero-order valence-electron chi connectivity index (χ0n) is 15.0. The highest BCUT2D eigenvalue weighted by Crippen LogP contribution is 2.19. The van der Waals surface area contributed by atoms with Crippen molar-refractivity contribution in [1.29, 1.82) is 0 Å². The van der Waals surface area contributed by atoms with E-state index in [0.717, 1.165) is 12.0 Å². The fraction of sp³-hybridized carbons (Fsp3) is 0.381. The van der Waals surface area contributed by atoms with Gasteiger partial charge in [0.05, 0.1) is 5.92 Å². The van der Waals surface area contributed by atoms with Crippen molar-refractivity contribution in [3.63, 3.8) is 0 Å². The second-order valence-electron chi connectivity index (χ2n) is 6.77. The van der Waals surface area contributed by atoms with Gasteiger partial charge < -0.3 is 11.1 Å². The van der Waals surface area contributed by atoms with Gasteiger partial charge >= 0.3 is 0 Å². The fourth-order valence-electron chi connectivity index (χ4n) is 2.96. The average Bonchev–Trinajstić information content (AvgIpc) is 2.56. The van der Waals surface area contributed by atoms with Crippen LogP contribution in [0.3, 0.4) is 0 Å². The third-order valence-electron chi connectivity index (χ3n) is 4.55. The Morgan fingerprint density at radius 2 is 1.75 bits per heavy atom. The van der Waals surface area contributed by atoms with Crippen molar-refractivity contribution in [1.82, 2.24) is 5.32 Å². The van der Waals surface area contributed by atoms with Crippen molar-refractivity contribution in [2.75, 3.05) is 0 Å². The molecule has 0 bridgehead atoms. The van der Waals surface area contributed by atoms with E-state index in [-0.39, 0.29) is 23.9 Å². The standard InChI is InChI=1S/C21H28N2O/c1-14-10-11-19(15(2)12-14)13-16(3)23-21(24)17(4)20(22)18-8-6-5-7-9-18/h5-12,16-17,20H,13,22H2,1-4H3,(H,23,24). The first-order valence-corrected chi connectivity index (χ1v) is 8.55. The molecule has 0 fully saturated rings. The number of benzene rings is 2. The first kappa shape index (κ1) is 18.2. The van der Waals surface area contributed by atoms with E-state index in [1.54, 1.807) is 0 Å². The van der Waals surface area contributed by atoms with Crippen LogP contribution >= 0.6 is 0 Å². The highest BCUT2D eigenvalue weighted by Gasteiger charge is 2.23. The molecule has 3 unspecified atom stereocenters. The number of nitrogens with one attached hydrogen (secondary N) is 1. The molecule has 2 aromatic carbocycles. The molecule has 0 aliphatic carbocycles. The van der Waals surface area contributed by atoms with Crippen molar-refractivity contribution in [2.45, 2.75) is 46.2 Å². The summed E-state index contributed by atoms with van der Waals surface area (Å²) < 4.78 is 0. The Bertz CT molecular complexity index is 681. The fourth-order valence-corrected chi connectivity index (χ4v) is 2.96. The van der Waals surface area contributed by atoms with Crippen molar-refractivity contribution < 1.29 is 4.79 Å². The maximum absolute atomic E-state index is 12.5. The summed E-state index contributed by atoms with van der Waals surface area (Å²) in [5.41, 5.74) is 11.0. The lowest BCUT2D eigenvalue weighted by atomic mass is 9.94. The molecular weight excluding hydrogens is 296 g/mol. The van der Waals surface area contributed by atoms with Crippen LogP contribution in [-0.2, 0) is 11.2 Å². The van der Waals surface area contributed by atoms with Gasteiger partial charge in [-0.1, -0.05) is 61.0 Å². The number of carbonyl (C=O) groups excluding carboxylic acids is 1. The van der Waals surface area contributed by atoms with Crippen LogP contribution in [0.15, 0.2) is 48.5 Å². The van der Waals surface area contributed by atoms with Gasteiger partial charge in [0.2, 0.25) is 5.91 Å². The van der Waals surface area contributed by atoms with Gasteiger partial charge in [0.15, 0.2) is 0 Å². The molecule has 3 atom stereocenters. The third-order valence-corrected chi connectivity index (χ3v) is 4.55. The van der Waals surface area contributed by atoms with Gasteiger partial charge in [0, 0.05) is 12.1 Å². The highest BCUT2D eigenvalue weighted by atomic mass is 16.1. The average molecular weight is 324 g/mol. The second kappa shape index (κ2) is 8.11. The summed E-state index contributed by atoms with van der Waals surface area (Å²) in [5, 5.41) is 3.10. The van der Waals surface area contributed by atoms with E-state index in [1.165, 1.54) is 16.7 Å². The Morgan fingerprint density at radius 3 is 2.38 bits per heavy atom. The summed E-state index contributed by atoms with van der Waals surface area (Å²) in [7, 11) is 0. The Balaban J connectivity index is 1.95. The molecule has 1 amide bonds. The van der Waals surface area contributed by atoms with Gasteiger partial charge in [0.25, 0.3) is 0 Å². The molecule has 128 valence electrons. The van der Waals surface area contributed by atoms with Gasteiger partial charge in [-0.15, -0.1) is 0 Å². The molecule has 0 spiro atoms. The molecule has 0 aromatic heterocycles. The number of aryl methyl sites for hydroxylation is 2. The lowest BCUT2D eigenvalue weighted by molar-refractivity contribution is -0.125. The van der Waals surface area contributed by atoms with E-state index in [0.29, 0.717) is 0 Å². The Labute approximate surface area is 145 Å². The summed E-state index contributed by atoms with van der Waals surface area (Å²) in [6.45, 7) is 8.13. The van der Waals surface area contributed by atoms with E-state index >= 15 is 0 Å². The molecular formula is C21H28N2O. The van der Waals surface area contributed by atoms with Gasteiger partial charge in [-0.25, -0.2) is 0 Å². The van der Waals surface area contributed by atoms with Crippen molar-refractivity contribution in [3.05, 3.63) is 70.8 Å². The summed E-state index contributed by atoms with van der Waals surface area (Å²) in [5.74, 6) is -0.266. The van der Waals surface area contributed by atoms with Crippen LogP contribution in [0, 0.1) is 19.8 Å². The minimum atomic E-state index is -0.292. The first-order valence-electron chi connectivity index (χ1n) is 8.55. The molecule has 3 N–H and O–H groups in total. The maximum atomic E-state index is 12.5. The zero-order valence-corrected chi connectivity index (χ0v) is 15.0. The van der Waals surface area contributed by atoms with Crippen LogP contribution in [0.25, 0.3) is 0 Å². The number of hydrogen-bond acceptors (Lipinski definition) is 2. The molecule has 0 aliphatic heterocycles. The molecule has 0 saturated carbocycles. The number of hydrogen-bond donors (Lipinski definition) is 2. The molecule has 3 nitrogen and oxygen atoms in total. The quantitative estimate of drug-likeness (QED) is 0.851. The smallest absolute Gasteiger partial charge is 0.224 e. The van der Waals surface area contributed by atoms with E-state index in [9.17, 15) is 4.79 Å². The summed E-state index contributed by atoms with van der Waals surface area (Å²) in [6.07, 6.45) is 0.825. The molecule has 3 heteroatoms. The zero-order chi connectivity index (χ0) is 17.7. The predicted molar refractivity (Wildman–Crippen MR) is 99.8 cm³/mol. The van der Waals surface area contributed by atoms with Crippen LogP contribution in [-0.4, -0.2) is 11.9 Å². The SMILES string of the molecule is Cc1ccc(CC(C)NC(=O)C(C)C(N)c2ccccc2)c(C)c1. The van der Waals surface area contributed by atoms with Crippen molar-refractivity contribution in [2.24, 2.45) is 11.7 Å². The first-order chi connectivity index (χ1) is 11.4. The highest BCUT2D eigenvalue weighted by molar-refractivity contribution is 5.79. The molecule has 2 aromatic rings. The minimum Gasteiger partial charge on any atom is -0.353 e. The van der Waals surface area contributed by atoms with Crippen LogP contribution in [0.5, 0.6) is 0 Å². The van der Waals surface area contributed by atoms with E-state index in [2.05, 4.69) is 37.4 Å². The largest absolute Gasteiger partial charge is 0.353 e. The topological polar surface area (TPSA) is 55.1 Å². The van der Waals surface area contributed by atoms with Crippen LogP contribution < -0.4 is 11.1 Å². The van der Waals surface area contributed by atoms with Crippen LogP contribution in [0.4, 0.5) is 0 Å². The molecule has 2 rings (SSSR count). The third kappa shape index (κ3) is 4.68. The summed E-state index contributed by atoms with van der Waals surface area (Å²) in [4.78, 5) is 12.5. The monoisotopic (exact) mass is 324 g/mol. The van der Waals surface area contributed by atoms with Crippen molar-refractivity contribution in [3.8, 4) is 0 Å². The molecule has 0 aliphatic rings. The van der Waals surface area contributed by atoms with Crippen LogP contribution in [0.2, 0.25) is 0 Å².